The Hall–Kier alpha value is -11.1. The molecule has 10 N–H and O–H groups in total. The second kappa shape index (κ2) is 52.6. The van der Waals surface area contributed by atoms with Crippen molar-refractivity contribution in [3.63, 3.8) is 0 Å². The molecule has 13 rings (SSSR count). The fraction of sp³-hybridized carbons (Fsp3) is 0.566. The third kappa shape index (κ3) is 28.2. The number of benzene rings is 4. The molecule has 0 radical (unpaired) electrons. The van der Waals surface area contributed by atoms with Crippen molar-refractivity contribution in [2.24, 2.45) is 11.3 Å². The smallest absolute Gasteiger partial charge is 0.407 e. The van der Waals surface area contributed by atoms with E-state index in [0.717, 1.165) is 22.4 Å². The Kier molecular flexibility index (Phi) is 39.9. The molecule has 1 saturated carbocycles. The van der Waals surface area contributed by atoms with Gasteiger partial charge in [0.15, 0.2) is 11.7 Å². The van der Waals surface area contributed by atoms with Crippen molar-refractivity contribution in [3.8, 4) is 29.0 Å². The molecule has 6 aromatic rings. The first kappa shape index (κ1) is 106. The van der Waals surface area contributed by atoms with Crippen molar-refractivity contribution in [3.05, 3.63) is 156 Å². The number of carbonyl (C=O) groups is 9. The topological polar surface area (TPSA) is 504 Å². The zero-order chi connectivity index (χ0) is 99.1. The predicted molar refractivity (Wildman–Crippen MR) is 495 cm³/mol. The minimum Gasteiger partial charge on any atom is -0.479 e. The maximum absolute atomic E-state index is 15.8. The lowest BCUT2D eigenvalue weighted by molar-refractivity contribution is -0.271. The molecule has 7 amide bonds. The Morgan fingerprint density at radius 1 is 0.636 bits per heavy atom. The Labute approximate surface area is 808 Å². The summed E-state index contributed by atoms with van der Waals surface area (Å²) < 4.78 is 105. The number of aliphatic carboxylic acids is 1. The summed E-state index contributed by atoms with van der Waals surface area (Å²) in [6.45, 7) is 11.4. The van der Waals surface area contributed by atoms with Gasteiger partial charge in [-0.25, -0.2) is 23.8 Å². The van der Waals surface area contributed by atoms with Crippen molar-refractivity contribution in [2.45, 2.75) is 166 Å². The molecular formula is C99H126FN9O31. The number of cyclic esters (lactones) is 1. The van der Waals surface area contributed by atoms with E-state index in [1.807, 2.05) is 48.5 Å². The van der Waals surface area contributed by atoms with Gasteiger partial charge in [0.1, 0.15) is 49.1 Å². The molecule has 1 spiro atoms. The number of alkyl carbamates (subject to hydrolysis) is 1. The molecule has 140 heavy (non-hydrogen) atoms. The van der Waals surface area contributed by atoms with Gasteiger partial charge >= 0.3 is 18.0 Å². The summed E-state index contributed by atoms with van der Waals surface area (Å²) in [5.41, 5.74) is 3.76. The van der Waals surface area contributed by atoms with E-state index in [-0.39, 0.29) is 154 Å². The quantitative estimate of drug-likeness (QED) is 0.0148. The number of methoxy groups -OCH3 is 1. The van der Waals surface area contributed by atoms with Crippen LogP contribution in [0.25, 0.3) is 22.3 Å². The number of ether oxygens (including phenoxy) is 16. The average molecular weight is 1960 g/mol. The van der Waals surface area contributed by atoms with Gasteiger partial charge in [-0.2, -0.15) is 0 Å². The molecule has 40 nitrogen and oxygen atoms in total. The lowest BCUT2D eigenvalue weighted by atomic mass is 9.57. The Morgan fingerprint density at radius 3 is 1.83 bits per heavy atom. The van der Waals surface area contributed by atoms with E-state index in [1.165, 1.54) is 34.9 Å². The van der Waals surface area contributed by atoms with Crippen LogP contribution in [0.4, 0.5) is 14.9 Å². The molecule has 8 atom stereocenters. The molecule has 7 aliphatic rings. The third-order valence-corrected chi connectivity index (χ3v) is 25.4. The molecule has 4 aromatic carbocycles. The maximum Gasteiger partial charge on any atom is 0.407 e. The first-order chi connectivity index (χ1) is 67.9. The molecule has 7 heterocycles. The van der Waals surface area contributed by atoms with Crippen LogP contribution < -0.4 is 41.8 Å². The Bertz CT molecular complexity index is 5410. The highest BCUT2D eigenvalue weighted by atomic mass is 19.1. The van der Waals surface area contributed by atoms with Gasteiger partial charge in [0.2, 0.25) is 41.7 Å². The highest BCUT2D eigenvalue weighted by Crippen LogP contribution is 2.53. The van der Waals surface area contributed by atoms with Crippen LogP contribution in [0.1, 0.15) is 138 Å². The number of halogens is 1. The molecular weight excluding hydrogens is 1830 g/mol. The highest BCUT2D eigenvalue weighted by Gasteiger charge is 2.56. The molecule has 5 aliphatic heterocycles. The number of anilines is 1. The second-order valence-electron chi connectivity index (χ2n) is 35.0. The zero-order valence-corrected chi connectivity index (χ0v) is 79.0. The van der Waals surface area contributed by atoms with Gasteiger partial charge in [0.25, 0.3) is 5.56 Å². The van der Waals surface area contributed by atoms with Gasteiger partial charge in [0.05, 0.1) is 199 Å². The number of amides is 7. The number of carboxylic acids is 1. The van der Waals surface area contributed by atoms with E-state index in [0.29, 0.717) is 210 Å². The molecule has 2 saturated heterocycles. The fourth-order valence-corrected chi connectivity index (χ4v) is 17.8. The number of aryl methyl sites for hydroxylation is 1. The first-order valence-electron chi connectivity index (χ1n) is 47.5. The number of pyridine rings is 2. The summed E-state index contributed by atoms with van der Waals surface area (Å²) in [6, 6.07) is 20.2. The number of esters is 1. The van der Waals surface area contributed by atoms with E-state index in [2.05, 4.69) is 38.4 Å². The SMILES string of the molecule is CC[C@@]1(O)C(=O)OCc2c1cc1n(c2=O)Cc2c-1nc1cc(F)c(C)c3c1c2[C@@H](NC(=O)OCc1ccc(O[C@@H]2O[C@H](C(=O)O)[C@@H](O)[C@H](O)[C@H]2O)c(CNC(=O)CCNC(=O)[C@H](CNC(=O)CCOCCOCCOCCOCCOCCOCCOCCOCCOCCOCCOCCOC)NC(=O)C2CC4(C2)CN(C(=O)CCCCC(=O)N2Cc5ccccc5C#Cc5ccccc52)C4)c1)CC3. The summed E-state index contributed by atoms with van der Waals surface area (Å²) in [5.74, 6) is 0.120. The van der Waals surface area contributed by atoms with E-state index < -0.39 is 114 Å². The number of aromatic nitrogens is 2. The molecule has 760 valence electrons. The summed E-state index contributed by atoms with van der Waals surface area (Å²) in [6.07, 6.45) is -8.79. The number of hydrogen-bond donors (Lipinski definition) is 10. The lowest BCUT2D eigenvalue weighted by Gasteiger charge is -2.58. The van der Waals surface area contributed by atoms with Gasteiger partial charge < -0.3 is 142 Å². The van der Waals surface area contributed by atoms with Gasteiger partial charge in [-0.3, -0.25) is 33.6 Å². The number of nitrogens with one attached hydrogen (secondary N) is 5. The summed E-state index contributed by atoms with van der Waals surface area (Å²) in [4.78, 5) is 145. The second-order valence-corrected chi connectivity index (χ2v) is 35.0. The number of hydrogen-bond acceptors (Lipinski definition) is 31. The number of carboxylic acid groups (broad SMARTS) is 1. The standard InChI is InChI=1S/C99H126FN9O31/c1-4-99(124)72-50-78-86-70(57-109(78)93(119)71(72)59-137-96(99)122)85-74(21-20-69-62(2)73(100)51-75(104-86)84(69)85)106-97(123)138-58-63-17-22-79(139-95-89(116)87(114)88(115)90(140-95)94(120)121)67(49-63)54-102-80(110)23-25-101-92(118)76(105-91(117)68-52-98(53-68)60-107(61-98)82(112)15-9-10-16-83(113)108-56-66-13-6-5-11-64(66)18-19-65-12-7-8-14-77(65)108)55-103-81(111)24-26-126-29-30-128-33-34-130-37-38-132-41-42-134-45-46-136-48-47-135-44-43-133-40-39-131-36-35-129-32-31-127-28-27-125-3/h5-8,11-14,17,22,49-51,68,74,76,87-90,95,114-116,124H,4,9-10,15-16,20-21,23-48,52-61H2,1-3H3,(H,101,118)(H,102,110)(H,103,111)(H,105,117)(H,106,123)(H,120,121)/t74-,76-,87-,88-,89+,90-,95+,99-/m0/s1. The summed E-state index contributed by atoms with van der Waals surface area (Å²) in [7, 11) is 1.62. The van der Waals surface area contributed by atoms with E-state index >= 15 is 4.39 Å². The van der Waals surface area contributed by atoms with E-state index in [4.69, 9.17) is 80.8 Å². The number of rotatable bonds is 58. The van der Waals surface area contributed by atoms with Gasteiger partial charge in [0, 0.05) is 116 Å². The Morgan fingerprint density at radius 2 is 1.21 bits per heavy atom. The van der Waals surface area contributed by atoms with Crippen molar-refractivity contribution < 1.29 is 149 Å². The van der Waals surface area contributed by atoms with Crippen molar-refractivity contribution >= 4 is 70.1 Å². The number of nitrogens with zero attached hydrogens (tertiary/aromatic N) is 4. The highest BCUT2D eigenvalue weighted by molar-refractivity contribution is 5.96. The van der Waals surface area contributed by atoms with E-state index in [1.54, 1.807) is 30.8 Å². The van der Waals surface area contributed by atoms with Gasteiger partial charge in [-0.1, -0.05) is 55.2 Å². The molecule has 2 aliphatic carbocycles. The van der Waals surface area contributed by atoms with Crippen molar-refractivity contribution in [1.82, 2.24) is 41.0 Å². The van der Waals surface area contributed by atoms with Crippen LogP contribution in [0.15, 0.2) is 83.7 Å². The van der Waals surface area contributed by atoms with Crippen molar-refractivity contribution in [1.29, 1.82) is 0 Å². The van der Waals surface area contributed by atoms with Crippen LogP contribution in [0.2, 0.25) is 0 Å². The molecule has 0 unspecified atom stereocenters. The lowest BCUT2D eigenvalue weighted by Crippen LogP contribution is -2.66. The number of para-hydroxylation sites is 1. The monoisotopic (exact) mass is 1960 g/mol. The summed E-state index contributed by atoms with van der Waals surface area (Å²) in [5, 5.41) is 68.1. The minimum absolute atomic E-state index is 0.0162. The number of fused-ring (bicyclic) bond motifs is 7. The predicted octanol–water partition coefficient (Wildman–Crippen LogP) is 3.40. The van der Waals surface area contributed by atoms with Crippen LogP contribution in [0, 0.1) is 35.9 Å². The van der Waals surface area contributed by atoms with Gasteiger partial charge in [-0.15, -0.1) is 0 Å². The number of unbranched alkanes of at least 4 members (excludes halogenated alkanes) is 1. The van der Waals surface area contributed by atoms with Crippen LogP contribution in [0.5, 0.6) is 5.75 Å². The van der Waals surface area contributed by atoms with E-state index in [9.17, 15) is 73.5 Å². The van der Waals surface area contributed by atoms with Gasteiger partial charge in [-0.05, 0) is 116 Å². The minimum atomic E-state index is -2.13. The Balaban J connectivity index is 0.557. The first-order valence-corrected chi connectivity index (χ1v) is 47.5. The van der Waals surface area contributed by atoms with Crippen LogP contribution >= 0.6 is 0 Å². The maximum atomic E-state index is 15.8. The number of aliphatic hydroxyl groups excluding tert-OH is 3. The zero-order valence-electron chi connectivity index (χ0n) is 79.0. The average Bonchev–Trinajstić information content (AvgIpc) is 1.52. The van der Waals surface area contributed by atoms with Crippen LogP contribution in [-0.2, 0) is 154 Å². The summed E-state index contributed by atoms with van der Waals surface area (Å²) >= 11 is 0. The largest absolute Gasteiger partial charge is 0.479 e. The molecule has 2 aromatic heterocycles. The number of likely N-dealkylation sites (tertiary alicyclic amines) is 1. The molecule has 3 fully saturated rings. The number of carbonyl (C=O) groups excluding carboxylic acids is 8. The number of aliphatic hydroxyl groups is 4. The fourth-order valence-electron chi connectivity index (χ4n) is 17.8. The van der Waals surface area contributed by atoms with Crippen molar-refractivity contribution in [2.75, 3.05) is 190 Å². The van der Waals surface area contributed by atoms with Crippen LogP contribution in [0.3, 0.4) is 0 Å². The normalized spacial score (nSPS) is 19.2. The molecule has 41 heteroatoms. The third-order valence-electron chi connectivity index (χ3n) is 25.4. The molecule has 0 bridgehead atoms. The van der Waals surface area contributed by atoms with Crippen LogP contribution in [-0.4, -0.2) is 315 Å².